The topological polar surface area (TPSA) is 58.6 Å². The molecule has 120 valence electrons. The Labute approximate surface area is 136 Å². The Bertz CT molecular complexity index is 712. The molecule has 23 heavy (non-hydrogen) atoms. The highest BCUT2D eigenvalue weighted by molar-refractivity contribution is 5.97. The van der Waals surface area contributed by atoms with Crippen LogP contribution < -0.4 is 5.32 Å². The molecule has 0 aromatic heterocycles. The fourth-order valence-electron chi connectivity index (χ4n) is 2.89. The number of benzene rings is 2. The minimum absolute atomic E-state index is 0.220. The molecule has 0 spiro atoms. The summed E-state index contributed by atoms with van der Waals surface area (Å²) < 4.78 is 5.74. The molecule has 0 aliphatic carbocycles. The van der Waals surface area contributed by atoms with Gasteiger partial charge in [-0.25, -0.2) is 0 Å². The maximum absolute atomic E-state index is 12.4. The predicted octanol–water partition coefficient (Wildman–Crippen LogP) is 3.06. The zero-order valence-corrected chi connectivity index (χ0v) is 13.4. The first-order chi connectivity index (χ1) is 10.9. The molecule has 0 bridgehead atoms. The Morgan fingerprint density at radius 2 is 1.70 bits per heavy atom. The van der Waals surface area contributed by atoms with Crippen molar-refractivity contribution >= 4 is 11.6 Å². The fourth-order valence-corrected chi connectivity index (χ4v) is 2.89. The molecule has 0 saturated heterocycles. The van der Waals surface area contributed by atoms with Crippen molar-refractivity contribution in [1.82, 2.24) is 0 Å². The predicted molar refractivity (Wildman–Crippen MR) is 89.2 cm³/mol. The molecule has 2 aromatic rings. The molecule has 1 amide bonds. The van der Waals surface area contributed by atoms with Crippen LogP contribution in [-0.4, -0.2) is 23.2 Å². The molecule has 2 aromatic carbocycles. The summed E-state index contributed by atoms with van der Waals surface area (Å²) in [6.45, 7) is 3.75. The average Bonchev–Trinajstić information content (AvgIpc) is 2.58. The number of aliphatic hydroxyl groups is 1. The van der Waals surface area contributed by atoms with Gasteiger partial charge in [0.05, 0.1) is 6.61 Å². The van der Waals surface area contributed by atoms with Crippen LogP contribution in [0.4, 0.5) is 5.69 Å². The van der Waals surface area contributed by atoms with E-state index in [9.17, 15) is 9.90 Å². The van der Waals surface area contributed by atoms with Gasteiger partial charge < -0.3 is 15.2 Å². The van der Waals surface area contributed by atoms with E-state index in [1.165, 1.54) is 0 Å². The lowest BCUT2D eigenvalue weighted by Crippen LogP contribution is -2.39. The number of fused-ring (bicyclic) bond motifs is 1. The SMILES string of the molecule is CC1(C)OCCC(O)(c2ccccc2)c2ccccc2NC1=O. The van der Waals surface area contributed by atoms with Gasteiger partial charge in [0, 0.05) is 17.7 Å². The van der Waals surface area contributed by atoms with Crippen molar-refractivity contribution in [3.8, 4) is 0 Å². The Morgan fingerprint density at radius 1 is 1.04 bits per heavy atom. The molecule has 0 fully saturated rings. The molecule has 1 heterocycles. The lowest BCUT2D eigenvalue weighted by Gasteiger charge is -2.30. The van der Waals surface area contributed by atoms with Crippen LogP contribution in [0.25, 0.3) is 0 Å². The summed E-state index contributed by atoms with van der Waals surface area (Å²) in [5, 5.41) is 14.3. The van der Waals surface area contributed by atoms with Crippen LogP contribution >= 0.6 is 0 Å². The summed E-state index contributed by atoms with van der Waals surface area (Å²) in [5.74, 6) is -0.220. The number of carbonyl (C=O) groups is 1. The van der Waals surface area contributed by atoms with Gasteiger partial charge in [0.15, 0.2) is 0 Å². The summed E-state index contributed by atoms with van der Waals surface area (Å²) in [4.78, 5) is 12.4. The van der Waals surface area contributed by atoms with Crippen molar-refractivity contribution < 1.29 is 14.6 Å². The molecule has 1 unspecified atom stereocenters. The summed E-state index contributed by atoms with van der Waals surface area (Å²) >= 11 is 0. The molecule has 0 radical (unpaired) electrons. The van der Waals surface area contributed by atoms with Crippen LogP contribution in [-0.2, 0) is 15.1 Å². The second-order valence-corrected chi connectivity index (χ2v) is 6.33. The van der Waals surface area contributed by atoms with Gasteiger partial charge in [0.2, 0.25) is 0 Å². The Morgan fingerprint density at radius 3 is 2.43 bits per heavy atom. The van der Waals surface area contributed by atoms with Gasteiger partial charge in [-0.05, 0) is 25.5 Å². The van der Waals surface area contributed by atoms with E-state index < -0.39 is 11.2 Å². The third-order valence-electron chi connectivity index (χ3n) is 4.35. The molecular weight excluding hydrogens is 290 g/mol. The van der Waals surface area contributed by atoms with Crippen molar-refractivity contribution in [2.45, 2.75) is 31.5 Å². The van der Waals surface area contributed by atoms with Crippen molar-refractivity contribution in [2.24, 2.45) is 0 Å². The van der Waals surface area contributed by atoms with Crippen LogP contribution in [0, 0.1) is 0 Å². The highest BCUT2D eigenvalue weighted by atomic mass is 16.5. The quantitative estimate of drug-likeness (QED) is 0.851. The molecular formula is C19H21NO3. The number of amides is 1. The normalized spacial score (nSPS) is 23.9. The number of hydrogen-bond acceptors (Lipinski definition) is 3. The second kappa shape index (κ2) is 5.80. The maximum Gasteiger partial charge on any atom is 0.256 e. The van der Waals surface area contributed by atoms with Crippen LogP contribution in [0.5, 0.6) is 0 Å². The van der Waals surface area contributed by atoms with Gasteiger partial charge in [-0.1, -0.05) is 48.5 Å². The standard InChI is InChI=1S/C19H21NO3/c1-18(2)17(21)20-16-11-7-6-10-15(16)19(22,12-13-23-18)14-8-4-3-5-9-14/h3-11,22H,12-13H2,1-2H3,(H,20,21). The number of rotatable bonds is 1. The van der Waals surface area contributed by atoms with E-state index in [1.807, 2.05) is 54.6 Å². The van der Waals surface area contributed by atoms with Crippen LogP contribution in [0.1, 0.15) is 31.4 Å². The van der Waals surface area contributed by atoms with Gasteiger partial charge in [0.25, 0.3) is 5.91 Å². The number of hydrogen-bond donors (Lipinski definition) is 2. The summed E-state index contributed by atoms with van der Waals surface area (Å²) in [7, 11) is 0. The monoisotopic (exact) mass is 311 g/mol. The minimum atomic E-state index is -1.22. The first-order valence-electron chi connectivity index (χ1n) is 7.76. The first kappa shape index (κ1) is 15.7. The van der Waals surface area contributed by atoms with Gasteiger partial charge in [-0.2, -0.15) is 0 Å². The molecule has 1 atom stereocenters. The third kappa shape index (κ3) is 2.87. The van der Waals surface area contributed by atoms with Crippen molar-refractivity contribution in [1.29, 1.82) is 0 Å². The lowest BCUT2D eigenvalue weighted by atomic mass is 9.83. The highest BCUT2D eigenvalue weighted by Gasteiger charge is 2.38. The van der Waals surface area contributed by atoms with E-state index in [1.54, 1.807) is 13.8 Å². The van der Waals surface area contributed by atoms with Crippen molar-refractivity contribution in [3.63, 3.8) is 0 Å². The Kier molecular flexibility index (Phi) is 3.96. The van der Waals surface area contributed by atoms with Gasteiger partial charge in [0.1, 0.15) is 11.2 Å². The summed E-state index contributed by atoms with van der Waals surface area (Å²) in [6, 6.07) is 16.8. The maximum atomic E-state index is 12.4. The van der Waals surface area contributed by atoms with E-state index in [2.05, 4.69) is 5.32 Å². The smallest absolute Gasteiger partial charge is 0.256 e. The van der Waals surface area contributed by atoms with Gasteiger partial charge in [-0.3, -0.25) is 4.79 Å². The average molecular weight is 311 g/mol. The number of nitrogens with one attached hydrogen (secondary N) is 1. The molecule has 0 saturated carbocycles. The molecule has 3 rings (SSSR count). The van der Waals surface area contributed by atoms with Crippen molar-refractivity contribution in [2.75, 3.05) is 11.9 Å². The van der Waals surface area contributed by atoms with Crippen LogP contribution in [0.2, 0.25) is 0 Å². The van der Waals surface area contributed by atoms with Crippen LogP contribution in [0.15, 0.2) is 54.6 Å². The lowest BCUT2D eigenvalue weighted by molar-refractivity contribution is -0.138. The first-order valence-corrected chi connectivity index (χ1v) is 7.76. The van der Waals surface area contributed by atoms with Crippen molar-refractivity contribution in [3.05, 3.63) is 65.7 Å². The number of anilines is 1. The zero-order valence-electron chi connectivity index (χ0n) is 13.4. The van der Waals surface area contributed by atoms with Gasteiger partial charge >= 0.3 is 0 Å². The fraction of sp³-hybridized carbons (Fsp3) is 0.316. The largest absolute Gasteiger partial charge is 0.380 e. The minimum Gasteiger partial charge on any atom is -0.380 e. The summed E-state index contributed by atoms with van der Waals surface area (Å²) in [6.07, 6.45) is 0.367. The Hall–Kier alpha value is -2.17. The summed E-state index contributed by atoms with van der Waals surface area (Å²) in [5.41, 5.74) is -0.0890. The zero-order chi connectivity index (χ0) is 16.5. The van der Waals surface area contributed by atoms with E-state index in [4.69, 9.17) is 4.74 Å². The molecule has 1 aliphatic heterocycles. The number of carbonyl (C=O) groups excluding carboxylic acids is 1. The molecule has 1 aliphatic rings. The van der Waals surface area contributed by atoms with E-state index in [0.717, 1.165) is 5.56 Å². The molecule has 4 nitrogen and oxygen atoms in total. The van der Waals surface area contributed by atoms with E-state index in [0.29, 0.717) is 17.7 Å². The second-order valence-electron chi connectivity index (χ2n) is 6.33. The highest BCUT2D eigenvalue weighted by Crippen LogP contribution is 2.38. The third-order valence-corrected chi connectivity index (χ3v) is 4.35. The molecule has 2 N–H and O–H groups in total. The van der Waals surface area contributed by atoms with E-state index >= 15 is 0 Å². The van der Waals surface area contributed by atoms with Gasteiger partial charge in [-0.15, -0.1) is 0 Å². The van der Waals surface area contributed by atoms with E-state index in [-0.39, 0.29) is 12.5 Å². The number of ether oxygens (including phenoxy) is 1. The number of para-hydroxylation sites is 1. The van der Waals surface area contributed by atoms with Crippen LogP contribution in [0.3, 0.4) is 0 Å². The molecule has 4 heteroatoms. The Balaban J connectivity index is 2.15.